The first-order chi connectivity index (χ1) is 12.3. The topological polar surface area (TPSA) is 166 Å². The number of anilines is 1. The molecule has 0 radical (unpaired) electrons. The molecule has 0 aromatic heterocycles. The Morgan fingerprint density at radius 3 is 1.81 bits per heavy atom. The van der Waals surface area contributed by atoms with E-state index in [0.29, 0.717) is 13.0 Å². The Morgan fingerprint density at radius 1 is 0.815 bits per heavy atom. The minimum absolute atomic E-state index is 0.00263. The number of rotatable bonds is 7. The van der Waals surface area contributed by atoms with Gasteiger partial charge in [0.1, 0.15) is 0 Å². The molecule has 12 heteroatoms. The summed E-state index contributed by atoms with van der Waals surface area (Å²) in [5, 5.41) is 13.0. The van der Waals surface area contributed by atoms with Crippen molar-refractivity contribution in [3.63, 3.8) is 0 Å². The molecule has 0 spiro atoms. The quantitative estimate of drug-likeness (QED) is 0.554. The van der Waals surface area contributed by atoms with E-state index in [2.05, 4.69) is 5.32 Å². The molecule has 27 heavy (non-hydrogen) atoms. The number of sulfone groups is 1. The zero-order valence-electron chi connectivity index (χ0n) is 14.3. The van der Waals surface area contributed by atoms with Crippen LogP contribution >= 0.6 is 0 Å². The van der Waals surface area contributed by atoms with Crippen LogP contribution in [0.1, 0.15) is 5.56 Å². The van der Waals surface area contributed by atoms with E-state index in [9.17, 15) is 25.3 Å². The van der Waals surface area contributed by atoms with Gasteiger partial charge in [0.05, 0.1) is 20.4 Å². The largest absolute Gasteiger partial charge is 0.384 e. The second kappa shape index (κ2) is 7.56. The third-order valence-corrected chi connectivity index (χ3v) is 6.64. The highest BCUT2D eigenvalue weighted by Gasteiger charge is 2.18. The lowest BCUT2D eigenvalue weighted by molar-refractivity contribution is 0.595. The Hall–Kier alpha value is -1.99. The number of hydrogen-bond acceptors (Lipinski definition) is 7. The number of nitrogens with two attached hydrogens (primary N) is 2. The molecule has 0 saturated carbocycles. The maximum Gasteiger partial charge on any atom is 0.238 e. The Balaban J connectivity index is 2.18. The maximum atomic E-state index is 12.0. The van der Waals surface area contributed by atoms with Gasteiger partial charge in [-0.2, -0.15) is 0 Å². The van der Waals surface area contributed by atoms with Crippen molar-refractivity contribution in [1.82, 2.24) is 0 Å². The molecule has 0 aliphatic carbocycles. The molecule has 148 valence electrons. The van der Waals surface area contributed by atoms with Crippen LogP contribution < -0.4 is 15.6 Å². The Kier molecular flexibility index (Phi) is 5.97. The third-order valence-electron chi connectivity index (χ3n) is 3.66. The number of benzene rings is 2. The summed E-state index contributed by atoms with van der Waals surface area (Å²) in [4.78, 5) is -0.484. The van der Waals surface area contributed by atoms with Gasteiger partial charge in [0.25, 0.3) is 0 Å². The number of sulfonamides is 2. The van der Waals surface area contributed by atoms with Gasteiger partial charge in [-0.25, -0.2) is 35.5 Å². The summed E-state index contributed by atoms with van der Waals surface area (Å²) in [6.45, 7) is 0.325. The maximum absolute atomic E-state index is 12.0. The summed E-state index contributed by atoms with van der Waals surface area (Å²) in [6.07, 6.45) is 1.43. The molecule has 0 saturated heterocycles. The fraction of sp³-hybridized carbons (Fsp3) is 0.200. The van der Waals surface area contributed by atoms with E-state index in [1.54, 1.807) is 12.1 Å². The van der Waals surface area contributed by atoms with Gasteiger partial charge in [-0.3, -0.25) is 0 Å². The van der Waals surface area contributed by atoms with E-state index in [1.165, 1.54) is 24.3 Å². The van der Waals surface area contributed by atoms with Crippen LogP contribution in [0.2, 0.25) is 0 Å². The molecular weight excluding hydrogens is 414 g/mol. The molecule has 5 N–H and O–H groups in total. The van der Waals surface area contributed by atoms with Crippen molar-refractivity contribution in [2.24, 2.45) is 10.3 Å². The molecule has 0 amide bonds. The molecule has 9 nitrogen and oxygen atoms in total. The molecular formula is C15H19N3O6S3. The Bertz CT molecular complexity index is 1160. The standard InChI is InChI=1S/C15H19N3O6S3/c1-25(19,20)15-10-13(27(17,23)24)6-7-14(15)18-9-8-11-2-4-12(5-3-11)26(16,21)22/h2-7,10,18H,8-9H2,1H3,(H2,16,21,22)(H2,17,23,24). The van der Waals surface area contributed by atoms with E-state index in [-0.39, 0.29) is 20.4 Å². The highest BCUT2D eigenvalue weighted by atomic mass is 32.2. The Morgan fingerprint density at radius 2 is 1.33 bits per heavy atom. The summed E-state index contributed by atoms with van der Waals surface area (Å²) in [7, 11) is -11.5. The lowest BCUT2D eigenvalue weighted by Gasteiger charge is -2.12. The summed E-state index contributed by atoms with van der Waals surface area (Å²) < 4.78 is 69.2. The number of nitrogens with one attached hydrogen (secondary N) is 1. The van der Waals surface area contributed by atoms with Crippen LogP contribution in [0, 0.1) is 0 Å². The molecule has 2 aromatic rings. The summed E-state index contributed by atoms with van der Waals surface area (Å²) in [5.74, 6) is 0. The van der Waals surface area contributed by atoms with Crippen molar-refractivity contribution in [1.29, 1.82) is 0 Å². The summed E-state index contributed by atoms with van der Waals surface area (Å²) >= 11 is 0. The van der Waals surface area contributed by atoms with Gasteiger partial charge >= 0.3 is 0 Å². The lowest BCUT2D eigenvalue weighted by atomic mass is 10.1. The first kappa shape index (κ1) is 21.3. The average Bonchev–Trinajstić information content (AvgIpc) is 2.53. The van der Waals surface area contributed by atoms with Crippen LogP contribution in [0.5, 0.6) is 0 Å². The van der Waals surface area contributed by atoms with Crippen LogP contribution in [-0.4, -0.2) is 38.1 Å². The van der Waals surface area contributed by atoms with Gasteiger partial charge in [0.15, 0.2) is 9.84 Å². The third kappa shape index (κ3) is 5.74. The molecule has 0 aliphatic heterocycles. The number of primary sulfonamides is 2. The molecule has 0 unspecified atom stereocenters. The average molecular weight is 434 g/mol. The first-order valence-electron chi connectivity index (χ1n) is 7.51. The van der Waals surface area contributed by atoms with E-state index in [1.807, 2.05) is 0 Å². The van der Waals surface area contributed by atoms with Crippen LogP contribution in [0.15, 0.2) is 57.2 Å². The van der Waals surface area contributed by atoms with Crippen LogP contribution in [-0.2, 0) is 36.3 Å². The summed E-state index contributed by atoms with van der Waals surface area (Å²) in [5.41, 5.74) is 1.04. The lowest BCUT2D eigenvalue weighted by Crippen LogP contribution is -2.15. The SMILES string of the molecule is CS(=O)(=O)c1cc(S(N)(=O)=O)ccc1NCCc1ccc(S(N)(=O)=O)cc1. The smallest absolute Gasteiger partial charge is 0.238 e. The van der Waals surface area contributed by atoms with Gasteiger partial charge < -0.3 is 5.32 Å². The van der Waals surface area contributed by atoms with Gasteiger partial charge in [0.2, 0.25) is 20.0 Å². The predicted octanol–water partition coefficient (Wildman–Crippen LogP) is 0.0395. The van der Waals surface area contributed by atoms with E-state index < -0.39 is 29.9 Å². The molecule has 0 atom stereocenters. The Labute approximate surface area is 158 Å². The van der Waals surface area contributed by atoms with Crippen molar-refractivity contribution >= 4 is 35.6 Å². The van der Waals surface area contributed by atoms with Crippen molar-refractivity contribution in [3.8, 4) is 0 Å². The van der Waals surface area contributed by atoms with Gasteiger partial charge in [0, 0.05) is 12.8 Å². The zero-order valence-corrected chi connectivity index (χ0v) is 16.7. The van der Waals surface area contributed by atoms with Crippen LogP contribution in [0.3, 0.4) is 0 Å². The fourth-order valence-corrected chi connectivity index (χ4v) is 4.33. The van der Waals surface area contributed by atoms with Crippen molar-refractivity contribution in [3.05, 3.63) is 48.0 Å². The zero-order chi connectivity index (χ0) is 20.5. The predicted molar refractivity (Wildman–Crippen MR) is 101 cm³/mol. The minimum Gasteiger partial charge on any atom is -0.384 e. The molecule has 2 rings (SSSR count). The number of hydrogen-bond donors (Lipinski definition) is 3. The highest BCUT2D eigenvalue weighted by Crippen LogP contribution is 2.24. The van der Waals surface area contributed by atoms with E-state index in [0.717, 1.165) is 17.9 Å². The molecule has 2 aromatic carbocycles. The molecule has 0 bridgehead atoms. The fourth-order valence-electron chi connectivity index (χ4n) is 2.32. The second-order valence-corrected chi connectivity index (χ2v) is 10.9. The minimum atomic E-state index is -4.03. The van der Waals surface area contributed by atoms with Crippen molar-refractivity contribution in [2.75, 3.05) is 18.1 Å². The monoisotopic (exact) mass is 433 g/mol. The van der Waals surface area contributed by atoms with Crippen molar-refractivity contribution < 1.29 is 25.3 Å². The molecule has 0 aliphatic rings. The van der Waals surface area contributed by atoms with Gasteiger partial charge in [-0.15, -0.1) is 0 Å². The summed E-state index contributed by atoms with van der Waals surface area (Å²) in [6, 6.07) is 9.52. The van der Waals surface area contributed by atoms with E-state index in [4.69, 9.17) is 10.3 Å². The van der Waals surface area contributed by atoms with Crippen LogP contribution in [0.4, 0.5) is 5.69 Å². The normalized spacial score (nSPS) is 12.7. The first-order valence-corrected chi connectivity index (χ1v) is 12.5. The van der Waals surface area contributed by atoms with Gasteiger partial charge in [-0.05, 0) is 42.3 Å². The van der Waals surface area contributed by atoms with Crippen LogP contribution in [0.25, 0.3) is 0 Å². The molecule has 0 fully saturated rings. The second-order valence-electron chi connectivity index (χ2n) is 5.84. The molecule has 0 heterocycles. The van der Waals surface area contributed by atoms with Crippen molar-refractivity contribution in [2.45, 2.75) is 21.1 Å². The highest BCUT2D eigenvalue weighted by molar-refractivity contribution is 7.91. The van der Waals surface area contributed by atoms with Gasteiger partial charge in [-0.1, -0.05) is 12.1 Å². The van der Waals surface area contributed by atoms with E-state index >= 15 is 0 Å².